The summed E-state index contributed by atoms with van der Waals surface area (Å²) in [5, 5.41) is 0. The van der Waals surface area contributed by atoms with Gasteiger partial charge in [-0.2, -0.15) is 4.31 Å². The van der Waals surface area contributed by atoms with Gasteiger partial charge in [-0.15, -0.1) is 0 Å². The molecule has 0 saturated carbocycles. The molecule has 7 nitrogen and oxygen atoms in total. The van der Waals surface area contributed by atoms with Gasteiger partial charge >= 0.3 is 0 Å². The molecule has 0 aliphatic carbocycles. The molecule has 0 radical (unpaired) electrons. The van der Waals surface area contributed by atoms with Gasteiger partial charge in [0.2, 0.25) is 15.9 Å². The number of imidazole rings is 1. The molecule has 0 fully saturated rings. The maximum Gasteiger partial charge on any atom is 0.243 e. The number of hydrogen-bond acceptors (Lipinski definition) is 4. The molecule has 3 aromatic rings. The molecule has 2 aromatic carbocycles. The molecule has 8 heteroatoms. The average Bonchev–Trinajstić information content (AvgIpc) is 3.21. The van der Waals surface area contributed by atoms with Crippen molar-refractivity contribution in [1.29, 1.82) is 0 Å². The number of rotatable bonds is 12. The quantitative estimate of drug-likeness (QED) is 0.368. The minimum Gasteiger partial charge on any atom is -0.328 e. The normalized spacial score (nSPS) is 11.9. The summed E-state index contributed by atoms with van der Waals surface area (Å²) in [7, 11) is -3.56. The first-order chi connectivity index (χ1) is 16.4. The molecule has 0 unspecified atom stereocenters. The third-order valence-corrected chi connectivity index (χ3v) is 8.17. The van der Waals surface area contributed by atoms with E-state index in [1.54, 1.807) is 12.1 Å². The molecule has 1 aromatic heterocycles. The summed E-state index contributed by atoms with van der Waals surface area (Å²) >= 11 is 0. The Hall–Kier alpha value is -2.71. The SMILES string of the molecule is CCCCN(C(=O)CCc1nc2cc(S(=O)(=O)N(CC)CC)ccc2n1CC)c1ccccc1. The Kier molecular flexibility index (Phi) is 8.85. The summed E-state index contributed by atoms with van der Waals surface area (Å²) in [6.45, 7) is 10.0. The largest absolute Gasteiger partial charge is 0.328 e. The third kappa shape index (κ3) is 5.50. The number of unbranched alkanes of at least 4 members (excludes halogenated alkanes) is 1. The van der Waals surface area contributed by atoms with Crippen LogP contribution in [0.5, 0.6) is 0 Å². The van der Waals surface area contributed by atoms with Gasteiger partial charge in [0.15, 0.2) is 0 Å². The van der Waals surface area contributed by atoms with Crippen molar-refractivity contribution in [3.63, 3.8) is 0 Å². The van der Waals surface area contributed by atoms with Gasteiger partial charge in [-0.05, 0) is 43.7 Å². The van der Waals surface area contributed by atoms with Crippen molar-refractivity contribution < 1.29 is 13.2 Å². The topological polar surface area (TPSA) is 75.5 Å². The zero-order valence-electron chi connectivity index (χ0n) is 20.7. The Balaban J connectivity index is 1.86. The number of sulfonamides is 1. The smallest absolute Gasteiger partial charge is 0.243 e. The lowest BCUT2D eigenvalue weighted by Crippen LogP contribution is -2.32. The van der Waals surface area contributed by atoms with E-state index in [2.05, 4.69) is 11.5 Å². The molecule has 0 spiro atoms. The highest BCUT2D eigenvalue weighted by atomic mass is 32.2. The van der Waals surface area contributed by atoms with Crippen LogP contribution in [-0.2, 0) is 27.8 Å². The first-order valence-electron chi connectivity index (χ1n) is 12.2. The van der Waals surface area contributed by atoms with Gasteiger partial charge in [0, 0.05) is 44.7 Å². The Labute approximate surface area is 203 Å². The van der Waals surface area contributed by atoms with Crippen LogP contribution in [0.25, 0.3) is 11.0 Å². The molecule has 0 aliphatic rings. The third-order valence-electron chi connectivity index (χ3n) is 6.12. The summed E-state index contributed by atoms with van der Waals surface area (Å²) in [6, 6.07) is 14.9. The van der Waals surface area contributed by atoms with Gasteiger partial charge in [-0.25, -0.2) is 13.4 Å². The number of hydrogen-bond donors (Lipinski definition) is 0. The molecule has 34 heavy (non-hydrogen) atoms. The summed E-state index contributed by atoms with van der Waals surface area (Å²) in [4.78, 5) is 20.0. The van der Waals surface area contributed by atoms with E-state index in [1.165, 1.54) is 4.31 Å². The van der Waals surface area contributed by atoms with Crippen molar-refractivity contribution in [3.8, 4) is 0 Å². The molecule has 1 amide bonds. The lowest BCUT2D eigenvalue weighted by molar-refractivity contribution is -0.118. The zero-order valence-corrected chi connectivity index (χ0v) is 21.5. The second-order valence-electron chi connectivity index (χ2n) is 8.25. The van der Waals surface area contributed by atoms with Crippen LogP contribution >= 0.6 is 0 Å². The number of carbonyl (C=O) groups excluding carboxylic acids is 1. The van der Waals surface area contributed by atoms with E-state index in [1.807, 2.05) is 62.1 Å². The highest BCUT2D eigenvalue weighted by Gasteiger charge is 2.23. The van der Waals surface area contributed by atoms with Gasteiger partial charge < -0.3 is 9.47 Å². The second kappa shape index (κ2) is 11.6. The Morgan fingerprint density at radius 1 is 1.00 bits per heavy atom. The van der Waals surface area contributed by atoms with Gasteiger partial charge in [-0.1, -0.05) is 45.4 Å². The van der Waals surface area contributed by atoms with Crippen LogP contribution in [0.3, 0.4) is 0 Å². The predicted octanol–water partition coefficient (Wildman–Crippen LogP) is 4.85. The number of fused-ring (bicyclic) bond motifs is 1. The van der Waals surface area contributed by atoms with Crippen LogP contribution in [-0.4, -0.2) is 47.8 Å². The predicted molar refractivity (Wildman–Crippen MR) is 138 cm³/mol. The van der Waals surface area contributed by atoms with E-state index in [0.717, 1.165) is 29.9 Å². The molecule has 0 bridgehead atoms. The molecular formula is C26H36N4O3S. The number of aromatic nitrogens is 2. The van der Waals surface area contributed by atoms with Gasteiger partial charge in [0.25, 0.3) is 0 Å². The monoisotopic (exact) mass is 484 g/mol. The molecule has 184 valence electrons. The molecular weight excluding hydrogens is 448 g/mol. The number of amides is 1. The number of benzene rings is 2. The molecule has 0 aliphatic heterocycles. The maximum atomic E-state index is 13.2. The van der Waals surface area contributed by atoms with Crippen molar-refractivity contribution in [3.05, 3.63) is 54.4 Å². The van der Waals surface area contributed by atoms with Gasteiger partial charge in [-0.3, -0.25) is 4.79 Å². The fourth-order valence-corrected chi connectivity index (χ4v) is 5.73. The number of aryl methyl sites for hydroxylation is 2. The zero-order chi connectivity index (χ0) is 24.7. The van der Waals surface area contributed by atoms with Crippen molar-refractivity contribution in [2.45, 2.75) is 64.8 Å². The van der Waals surface area contributed by atoms with Crippen molar-refractivity contribution in [2.24, 2.45) is 0 Å². The average molecular weight is 485 g/mol. The van der Waals surface area contributed by atoms with Gasteiger partial charge in [0.05, 0.1) is 15.9 Å². The van der Waals surface area contributed by atoms with Crippen molar-refractivity contribution in [1.82, 2.24) is 13.9 Å². The van der Waals surface area contributed by atoms with Crippen LogP contribution in [0.15, 0.2) is 53.4 Å². The summed E-state index contributed by atoms with van der Waals surface area (Å²) in [5.74, 6) is 0.867. The second-order valence-corrected chi connectivity index (χ2v) is 10.2. The van der Waals surface area contributed by atoms with Crippen LogP contribution in [0.4, 0.5) is 5.69 Å². The summed E-state index contributed by atoms with van der Waals surface area (Å²) in [5.41, 5.74) is 2.44. The van der Waals surface area contributed by atoms with Crippen LogP contribution in [0.1, 0.15) is 52.8 Å². The lowest BCUT2D eigenvalue weighted by atomic mass is 10.2. The maximum absolute atomic E-state index is 13.2. The minimum atomic E-state index is -3.56. The fourth-order valence-electron chi connectivity index (χ4n) is 4.25. The summed E-state index contributed by atoms with van der Waals surface area (Å²) < 4.78 is 29.4. The first-order valence-corrected chi connectivity index (χ1v) is 13.7. The number of para-hydroxylation sites is 1. The Bertz CT molecular complexity index is 1200. The van der Waals surface area contributed by atoms with Crippen LogP contribution < -0.4 is 4.90 Å². The van der Waals surface area contributed by atoms with Crippen molar-refractivity contribution in [2.75, 3.05) is 24.5 Å². The first kappa shape index (κ1) is 25.9. The number of nitrogens with zero attached hydrogens (tertiary/aromatic N) is 4. The highest BCUT2D eigenvalue weighted by molar-refractivity contribution is 7.89. The molecule has 1 heterocycles. The molecule has 0 saturated heterocycles. The molecule has 0 N–H and O–H groups in total. The van der Waals surface area contributed by atoms with Crippen LogP contribution in [0, 0.1) is 0 Å². The summed E-state index contributed by atoms with van der Waals surface area (Å²) in [6.07, 6.45) is 2.79. The van der Waals surface area contributed by atoms with E-state index in [4.69, 9.17) is 4.98 Å². The van der Waals surface area contributed by atoms with Crippen molar-refractivity contribution >= 4 is 32.7 Å². The van der Waals surface area contributed by atoms with E-state index in [-0.39, 0.29) is 10.8 Å². The number of anilines is 1. The Morgan fingerprint density at radius 2 is 1.71 bits per heavy atom. The number of carbonyl (C=O) groups is 1. The van der Waals surface area contributed by atoms with E-state index >= 15 is 0 Å². The lowest BCUT2D eigenvalue weighted by Gasteiger charge is -2.22. The highest BCUT2D eigenvalue weighted by Crippen LogP contribution is 2.24. The fraction of sp³-hybridized carbons (Fsp3) is 0.462. The van der Waals surface area contributed by atoms with E-state index in [9.17, 15) is 13.2 Å². The van der Waals surface area contributed by atoms with Gasteiger partial charge in [0.1, 0.15) is 5.82 Å². The molecule has 0 atom stereocenters. The Morgan fingerprint density at radius 3 is 2.32 bits per heavy atom. The van der Waals surface area contributed by atoms with Crippen LogP contribution in [0.2, 0.25) is 0 Å². The van der Waals surface area contributed by atoms with E-state index < -0.39 is 10.0 Å². The molecule has 3 rings (SSSR count). The standard InChI is InChI=1S/C26H36N4O3S/c1-5-9-19-30(21-13-11-10-12-14-21)26(31)18-17-25-27-23-20-22(15-16-24(23)29(25)8-4)34(32,33)28(6-2)7-3/h10-16,20H,5-9,17-19H2,1-4H3. The minimum absolute atomic E-state index is 0.0687. The van der Waals surface area contributed by atoms with E-state index in [0.29, 0.717) is 44.5 Å².